The third-order valence-corrected chi connectivity index (χ3v) is 1.09. The minimum absolute atomic E-state index is 0. The Hall–Kier alpha value is -0.753. The molecule has 11 heavy (non-hydrogen) atoms. The van der Waals surface area contributed by atoms with Crippen LogP contribution in [0.1, 0.15) is 10.4 Å². The second kappa shape index (κ2) is 4.97. The molecule has 52 valence electrons. The summed E-state index contributed by atoms with van der Waals surface area (Å²) in [6.07, 6.45) is 0. The molecule has 1 aromatic rings. The Labute approximate surface area is 76.1 Å². The van der Waals surface area contributed by atoms with Gasteiger partial charge in [0.05, 0.1) is 5.56 Å². The number of benzene rings is 1. The molecular weight excluding hydrogens is 139 g/mol. The van der Waals surface area contributed by atoms with Crippen molar-refractivity contribution in [2.45, 2.75) is 0 Å². The Kier molecular flexibility index (Phi) is 4.63. The van der Waals surface area contributed by atoms with E-state index in [1.165, 1.54) is 12.1 Å². The fourth-order valence-corrected chi connectivity index (χ4v) is 0.622. The first-order valence-corrected chi connectivity index (χ1v) is 2.74. The molecule has 0 fully saturated rings. The average Bonchev–Trinajstić information content (AvgIpc) is 2.05. The summed E-state index contributed by atoms with van der Waals surface area (Å²) in [5.41, 5.74) is 0.275. The van der Waals surface area contributed by atoms with E-state index >= 15 is 0 Å². The van der Waals surface area contributed by atoms with Crippen LogP contribution in [0.25, 0.3) is 0 Å². The summed E-state index contributed by atoms with van der Waals surface area (Å²) in [4.78, 5) is 13.7. The molecule has 0 heterocycles. The van der Waals surface area contributed by atoms with Gasteiger partial charge >= 0.3 is 24.8 Å². The Bertz CT molecular complexity index is 222. The van der Waals surface area contributed by atoms with Crippen molar-refractivity contribution in [3.63, 3.8) is 0 Å². The van der Waals surface area contributed by atoms with Crippen molar-refractivity contribution in [3.8, 4) is 0 Å². The Morgan fingerprint density at radius 3 is 2.27 bits per heavy atom. The number of rotatable bonds is 1. The van der Waals surface area contributed by atoms with Crippen LogP contribution >= 0.6 is 0 Å². The van der Waals surface area contributed by atoms with Crippen LogP contribution in [0.2, 0.25) is 0 Å². The van der Waals surface area contributed by atoms with Crippen molar-refractivity contribution >= 4 is 5.97 Å². The SMILES string of the molecule is O=C(O[O-])c1ccccc1.[Li+]. The standard InChI is InChI=1S/C7H6O3.Li/c8-7(10-9)6-4-2-1-3-5-6;/h1-5,9H;/q;+1/p-1. The van der Waals surface area contributed by atoms with Crippen LogP contribution in [0, 0.1) is 0 Å². The normalized spacial score (nSPS) is 8.09. The van der Waals surface area contributed by atoms with Crippen molar-refractivity contribution in [1.29, 1.82) is 0 Å². The van der Waals surface area contributed by atoms with Crippen LogP contribution in [-0.4, -0.2) is 5.97 Å². The smallest absolute Gasteiger partial charge is 0.661 e. The number of carbonyl (C=O) groups excluding carboxylic acids is 1. The number of carbonyl (C=O) groups is 1. The van der Waals surface area contributed by atoms with Gasteiger partial charge in [0.1, 0.15) is 0 Å². The summed E-state index contributed by atoms with van der Waals surface area (Å²) < 4.78 is 0. The van der Waals surface area contributed by atoms with E-state index in [0.29, 0.717) is 0 Å². The van der Waals surface area contributed by atoms with Crippen molar-refractivity contribution < 1.29 is 33.8 Å². The van der Waals surface area contributed by atoms with Gasteiger partial charge in [-0.25, -0.2) is 4.79 Å². The largest absolute Gasteiger partial charge is 1.00 e. The fourth-order valence-electron chi connectivity index (χ4n) is 0.622. The molecule has 0 saturated heterocycles. The first-order chi connectivity index (χ1) is 4.84. The maximum absolute atomic E-state index is 10.5. The van der Waals surface area contributed by atoms with Crippen LogP contribution in [0.5, 0.6) is 0 Å². The summed E-state index contributed by atoms with van der Waals surface area (Å²) in [6, 6.07) is 8.10. The molecule has 0 aliphatic heterocycles. The third-order valence-electron chi connectivity index (χ3n) is 1.09. The molecule has 0 bridgehead atoms. The van der Waals surface area contributed by atoms with Gasteiger partial charge in [-0.2, -0.15) is 0 Å². The first kappa shape index (κ1) is 10.2. The monoisotopic (exact) mass is 144 g/mol. The fraction of sp³-hybridized carbons (Fsp3) is 0. The van der Waals surface area contributed by atoms with Crippen LogP contribution in [-0.2, 0) is 4.89 Å². The Morgan fingerprint density at radius 2 is 1.82 bits per heavy atom. The van der Waals surface area contributed by atoms with E-state index in [9.17, 15) is 10.1 Å². The molecule has 0 aliphatic carbocycles. The van der Waals surface area contributed by atoms with Gasteiger partial charge in [-0.05, 0) is 12.1 Å². The minimum Gasteiger partial charge on any atom is -0.661 e. The molecule has 0 aliphatic rings. The summed E-state index contributed by atoms with van der Waals surface area (Å²) in [5, 5.41) is 9.58. The van der Waals surface area contributed by atoms with Crippen molar-refractivity contribution in [2.75, 3.05) is 0 Å². The second-order valence-corrected chi connectivity index (χ2v) is 1.74. The molecule has 0 spiro atoms. The Balaban J connectivity index is 0.000001000. The van der Waals surface area contributed by atoms with Gasteiger partial charge in [0.2, 0.25) is 0 Å². The van der Waals surface area contributed by atoms with E-state index in [0.717, 1.165) is 0 Å². The topological polar surface area (TPSA) is 49.4 Å². The molecule has 4 heteroatoms. The zero-order valence-corrected chi connectivity index (χ0v) is 6.11. The summed E-state index contributed by atoms with van der Waals surface area (Å²) >= 11 is 0. The average molecular weight is 144 g/mol. The van der Waals surface area contributed by atoms with Gasteiger partial charge in [0.25, 0.3) is 0 Å². The van der Waals surface area contributed by atoms with E-state index in [4.69, 9.17) is 0 Å². The summed E-state index contributed by atoms with van der Waals surface area (Å²) in [5.74, 6) is -0.847. The quantitative estimate of drug-likeness (QED) is 0.242. The number of hydrogen-bond donors (Lipinski definition) is 0. The van der Waals surface area contributed by atoms with Gasteiger partial charge in [0, 0.05) is 0 Å². The van der Waals surface area contributed by atoms with Crippen LogP contribution in [0.4, 0.5) is 0 Å². The summed E-state index contributed by atoms with van der Waals surface area (Å²) in [6.45, 7) is 0. The Morgan fingerprint density at radius 1 is 1.27 bits per heavy atom. The van der Waals surface area contributed by atoms with Gasteiger partial charge in [-0.1, -0.05) is 18.2 Å². The predicted molar refractivity (Wildman–Crippen MR) is 31.9 cm³/mol. The van der Waals surface area contributed by atoms with Crippen LogP contribution < -0.4 is 24.1 Å². The molecule has 0 unspecified atom stereocenters. The summed E-state index contributed by atoms with van der Waals surface area (Å²) in [7, 11) is 0. The second-order valence-electron chi connectivity index (χ2n) is 1.74. The van der Waals surface area contributed by atoms with Crippen molar-refractivity contribution in [2.24, 2.45) is 0 Å². The zero-order valence-electron chi connectivity index (χ0n) is 6.11. The molecular formula is C7H5LiO3. The van der Waals surface area contributed by atoms with Gasteiger partial charge in [-0.15, -0.1) is 0 Å². The van der Waals surface area contributed by atoms with E-state index in [-0.39, 0.29) is 24.4 Å². The van der Waals surface area contributed by atoms with E-state index in [1.807, 2.05) is 0 Å². The van der Waals surface area contributed by atoms with E-state index in [2.05, 4.69) is 4.89 Å². The first-order valence-electron chi connectivity index (χ1n) is 2.74. The molecule has 1 rings (SSSR count). The van der Waals surface area contributed by atoms with Gasteiger partial charge in [0.15, 0.2) is 0 Å². The predicted octanol–water partition coefficient (Wildman–Crippen LogP) is -2.88. The maximum atomic E-state index is 10.5. The zero-order chi connectivity index (χ0) is 7.40. The number of hydrogen-bond acceptors (Lipinski definition) is 3. The molecule has 0 N–H and O–H groups in total. The molecule has 0 radical (unpaired) electrons. The van der Waals surface area contributed by atoms with Crippen molar-refractivity contribution in [3.05, 3.63) is 35.9 Å². The minimum atomic E-state index is -0.847. The molecule has 3 nitrogen and oxygen atoms in total. The molecule has 0 atom stereocenters. The van der Waals surface area contributed by atoms with Gasteiger partial charge < -0.3 is 10.1 Å². The third kappa shape index (κ3) is 2.77. The van der Waals surface area contributed by atoms with E-state index < -0.39 is 5.97 Å². The maximum Gasteiger partial charge on any atom is 1.00 e. The molecule has 0 aromatic heterocycles. The van der Waals surface area contributed by atoms with Crippen LogP contribution in [0.3, 0.4) is 0 Å². The van der Waals surface area contributed by atoms with Crippen molar-refractivity contribution in [1.82, 2.24) is 0 Å². The molecule has 0 amide bonds. The molecule has 0 saturated carbocycles. The van der Waals surface area contributed by atoms with E-state index in [1.54, 1.807) is 18.2 Å². The molecule has 1 aromatic carbocycles. The van der Waals surface area contributed by atoms with Crippen LogP contribution in [0.15, 0.2) is 30.3 Å². The van der Waals surface area contributed by atoms with Gasteiger partial charge in [-0.3, -0.25) is 0 Å².